The van der Waals surface area contributed by atoms with Gasteiger partial charge in [-0.25, -0.2) is 4.99 Å². The molecule has 1 aliphatic heterocycles. The highest BCUT2D eigenvalue weighted by Crippen LogP contribution is 2.23. The fraction of sp³-hybridized carbons (Fsp3) is 0.706. The maximum Gasteiger partial charge on any atom is 0.191 e. The number of hydrogen-bond acceptors (Lipinski definition) is 4. The number of nitrogens with one attached hydrogen (secondary N) is 2. The Hall–Kier alpha value is -1.53. The third-order valence-electron chi connectivity index (χ3n) is 4.21. The molecule has 6 heteroatoms. The van der Waals surface area contributed by atoms with Crippen molar-refractivity contribution in [2.24, 2.45) is 10.9 Å². The normalized spacial score (nSPS) is 22.1. The second kappa shape index (κ2) is 7.84. The predicted molar refractivity (Wildman–Crippen MR) is 92.6 cm³/mol. The van der Waals surface area contributed by atoms with Crippen molar-refractivity contribution in [1.29, 1.82) is 0 Å². The Morgan fingerprint density at radius 2 is 2.26 bits per heavy atom. The highest BCUT2D eigenvalue weighted by Gasteiger charge is 2.27. The van der Waals surface area contributed by atoms with Crippen molar-refractivity contribution < 1.29 is 9.52 Å². The van der Waals surface area contributed by atoms with E-state index in [1.54, 1.807) is 13.0 Å². The number of hydrogen-bond donors (Lipinski definition) is 3. The Bertz CT molecular complexity index is 524. The lowest BCUT2D eigenvalue weighted by Gasteiger charge is -2.20. The first-order chi connectivity index (χ1) is 10.9. The molecule has 2 atom stereocenters. The van der Waals surface area contributed by atoms with Crippen molar-refractivity contribution in [1.82, 2.24) is 15.5 Å². The van der Waals surface area contributed by atoms with Crippen LogP contribution in [0.4, 0.5) is 0 Å². The molecule has 0 aromatic carbocycles. The number of likely N-dealkylation sites (tertiary alicyclic amines) is 1. The third kappa shape index (κ3) is 5.25. The van der Waals surface area contributed by atoms with Gasteiger partial charge in [0.15, 0.2) is 5.96 Å². The van der Waals surface area contributed by atoms with Crippen LogP contribution in [0.25, 0.3) is 0 Å². The molecule has 0 amide bonds. The minimum atomic E-state index is -1.11. The molecule has 1 fully saturated rings. The van der Waals surface area contributed by atoms with Gasteiger partial charge in [-0.15, -0.1) is 0 Å². The summed E-state index contributed by atoms with van der Waals surface area (Å²) in [7, 11) is 2.15. The summed E-state index contributed by atoms with van der Waals surface area (Å²) in [5.74, 6) is 2.73. The lowest BCUT2D eigenvalue weighted by atomic mass is 10.0. The van der Waals surface area contributed by atoms with E-state index in [2.05, 4.69) is 27.6 Å². The van der Waals surface area contributed by atoms with Gasteiger partial charge in [0.25, 0.3) is 0 Å². The second-order valence-electron chi connectivity index (χ2n) is 6.68. The summed E-state index contributed by atoms with van der Waals surface area (Å²) in [5, 5.41) is 17.2. The van der Waals surface area contributed by atoms with Crippen molar-refractivity contribution in [3.8, 4) is 0 Å². The summed E-state index contributed by atoms with van der Waals surface area (Å²) >= 11 is 0. The number of aliphatic imine (C=N–C) groups is 1. The molecule has 0 bridgehead atoms. The van der Waals surface area contributed by atoms with Gasteiger partial charge < -0.3 is 25.1 Å². The van der Waals surface area contributed by atoms with Gasteiger partial charge in [-0.1, -0.05) is 0 Å². The van der Waals surface area contributed by atoms with Gasteiger partial charge in [0.1, 0.15) is 17.1 Å². The first kappa shape index (κ1) is 17.8. The molecule has 0 aliphatic carbocycles. The largest absolute Gasteiger partial charge is 0.463 e. The minimum Gasteiger partial charge on any atom is -0.463 e. The van der Waals surface area contributed by atoms with E-state index in [1.165, 1.54) is 6.42 Å². The van der Waals surface area contributed by atoms with E-state index in [1.807, 2.05) is 19.9 Å². The monoisotopic (exact) mass is 322 g/mol. The first-order valence-electron chi connectivity index (χ1n) is 8.40. The molecular weight excluding hydrogens is 292 g/mol. The van der Waals surface area contributed by atoms with E-state index in [4.69, 9.17) is 4.42 Å². The quantitative estimate of drug-likeness (QED) is 0.544. The number of aryl methyl sites for hydroxylation is 1. The average molecular weight is 322 g/mol. The van der Waals surface area contributed by atoms with Gasteiger partial charge in [0, 0.05) is 19.6 Å². The maximum absolute atomic E-state index is 10.6. The van der Waals surface area contributed by atoms with Gasteiger partial charge in [0.2, 0.25) is 0 Å². The molecule has 1 aromatic heterocycles. The fourth-order valence-electron chi connectivity index (χ4n) is 2.81. The molecule has 1 saturated heterocycles. The van der Waals surface area contributed by atoms with Crippen LogP contribution in [0.1, 0.15) is 31.8 Å². The zero-order chi connectivity index (χ0) is 16.9. The van der Waals surface area contributed by atoms with Crippen LogP contribution in [0.2, 0.25) is 0 Å². The van der Waals surface area contributed by atoms with E-state index in [0.29, 0.717) is 11.7 Å². The van der Waals surface area contributed by atoms with Crippen LogP contribution in [0, 0.1) is 12.8 Å². The topological polar surface area (TPSA) is 73.0 Å². The van der Waals surface area contributed by atoms with Crippen LogP contribution in [-0.4, -0.2) is 55.7 Å². The predicted octanol–water partition coefficient (Wildman–Crippen LogP) is 1.30. The van der Waals surface area contributed by atoms with Gasteiger partial charge in [-0.3, -0.25) is 0 Å². The second-order valence-corrected chi connectivity index (χ2v) is 6.68. The van der Waals surface area contributed by atoms with E-state index >= 15 is 0 Å². The molecule has 0 radical (unpaired) electrons. The highest BCUT2D eigenvalue weighted by atomic mass is 16.4. The zero-order valence-electron chi connectivity index (χ0n) is 14.7. The molecular formula is C17H30N4O2. The van der Waals surface area contributed by atoms with Crippen LogP contribution in [0.5, 0.6) is 0 Å². The maximum atomic E-state index is 10.6. The molecule has 0 spiro atoms. The Morgan fingerprint density at radius 3 is 2.83 bits per heavy atom. The van der Waals surface area contributed by atoms with Crippen molar-refractivity contribution in [2.45, 2.75) is 32.8 Å². The number of aliphatic hydroxyl groups is 1. The molecule has 23 heavy (non-hydrogen) atoms. The standard InChI is InChI=1S/C17H30N4O2/c1-5-18-16(19-10-14-8-9-21(4)11-14)20-12-17(3,22)15-7-6-13(2)23-15/h6-7,14,22H,5,8-12H2,1-4H3,(H2,18,19,20). The van der Waals surface area contributed by atoms with Gasteiger partial charge in [-0.2, -0.15) is 0 Å². The lowest BCUT2D eigenvalue weighted by molar-refractivity contribution is 0.0428. The molecule has 3 N–H and O–H groups in total. The third-order valence-corrected chi connectivity index (χ3v) is 4.21. The average Bonchev–Trinajstić information content (AvgIpc) is 3.11. The van der Waals surface area contributed by atoms with Crippen molar-refractivity contribution in [2.75, 3.05) is 39.8 Å². The summed E-state index contributed by atoms with van der Waals surface area (Å²) in [6, 6.07) is 3.66. The molecule has 2 rings (SSSR count). The zero-order valence-corrected chi connectivity index (χ0v) is 14.7. The summed E-state index contributed by atoms with van der Waals surface area (Å²) in [6.07, 6.45) is 1.21. The number of guanidine groups is 1. The number of rotatable bonds is 6. The minimum absolute atomic E-state index is 0.250. The lowest BCUT2D eigenvalue weighted by Crippen LogP contribution is -2.41. The van der Waals surface area contributed by atoms with Crippen molar-refractivity contribution in [3.63, 3.8) is 0 Å². The van der Waals surface area contributed by atoms with E-state index in [-0.39, 0.29) is 6.54 Å². The van der Waals surface area contributed by atoms with Crippen LogP contribution in [-0.2, 0) is 5.60 Å². The van der Waals surface area contributed by atoms with Gasteiger partial charge in [-0.05, 0) is 58.8 Å². The summed E-state index contributed by atoms with van der Waals surface area (Å²) in [5.41, 5.74) is -1.11. The Balaban J connectivity index is 1.92. The summed E-state index contributed by atoms with van der Waals surface area (Å²) in [6.45, 7) is 9.85. The molecule has 1 aromatic rings. The van der Waals surface area contributed by atoms with Crippen LogP contribution >= 0.6 is 0 Å². The Morgan fingerprint density at radius 1 is 1.48 bits per heavy atom. The molecule has 2 heterocycles. The highest BCUT2D eigenvalue weighted by molar-refractivity contribution is 5.79. The van der Waals surface area contributed by atoms with Gasteiger partial charge >= 0.3 is 0 Å². The van der Waals surface area contributed by atoms with E-state index in [0.717, 1.165) is 37.9 Å². The molecule has 1 aliphatic rings. The van der Waals surface area contributed by atoms with Crippen LogP contribution in [0.3, 0.4) is 0 Å². The molecule has 2 unspecified atom stereocenters. The Labute approximate surface area is 139 Å². The summed E-state index contributed by atoms with van der Waals surface area (Å²) < 4.78 is 5.53. The smallest absolute Gasteiger partial charge is 0.191 e. The number of nitrogens with zero attached hydrogens (tertiary/aromatic N) is 2. The SMILES string of the molecule is CCNC(=NCC(C)(O)c1ccc(C)o1)NCC1CCN(C)C1. The molecule has 0 saturated carbocycles. The van der Waals surface area contributed by atoms with Crippen molar-refractivity contribution in [3.05, 3.63) is 23.7 Å². The molecule has 6 nitrogen and oxygen atoms in total. The summed E-state index contributed by atoms with van der Waals surface area (Å²) in [4.78, 5) is 6.87. The fourth-order valence-corrected chi connectivity index (χ4v) is 2.81. The van der Waals surface area contributed by atoms with Crippen LogP contribution < -0.4 is 10.6 Å². The number of furan rings is 1. The first-order valence-corrected chi connectivity index (χ1v) is 8.40. The van der Waals surface area contributed by atoms with Crippen LogP contribution in [0.15, 0.2) is 21.5 Å². The van der Waals surface area contributed by atoms with E-state index in [9.17, 15) is 5.11 Å². The Kier molecular flexibility index (Phi) is 6.07. The van der Waals surface area contributed by atoms with Crippen molar-refractivity contribution >= 4 is 5.96 Å². The van der Waals surface area contributed by atoms with Gasteiger partial charge in [0.05, 0.1) is 6.54 Å². The van der Waals surface area contributed by atoms with E-state index < -0.39 is 5.60 Å². The molecule has 130 valence electrons.